The van der Waals surface area contributed by atoms with E-state index in [0.29, 0.717) is 12.5 Å². The summed E-state index contributed by atoms with van der Waals surface area (Å²) < 4.78 is 6.49. The first-order valence-corrected chi connectivity index (χ1v) is 6.51. The maximum absolute atomic E-state index is 5.72. The maximum atomic E-state index is 5.72. The van der Waals surface area contributed by atoms with Gasteiger partial charge in [-0.25, -0.2) is 4.98 Å². The Morgan fingerprint density at radius 2 is 2.00 bits per heavy atom. The van der Waals surface area contributed by atoms with Crippen molar-refractivity contribution in [2.24, 2.45) is 0 Å². The van der Waals surface area contributed by atoms with Gasteiger partial charge in [-0.05, 0) is 40.5 Å². The van der Waals surface area contributed by atoms with Crippen molar-refractivity contribution in [3.8, 4) is 5.88 Å². The SMILES string of the molecule is CNc1cccc(C)c1COc1cccc(Br)n1. The van der Waals surface area contributed by atoms with Crippen LogP contribution in [-0.2, 0) is 6.61 Å². The second-order valence-corrected chi connectivity index (χ2v) is 4.75. The van der Waals surface area contributed by atoms with Crippen LogP contribution in [0, 0.1) is 6.92 Å². The number of anilines is 1. The van der Waals surface area contributed by atoms with Crippen LogP contribution in [0.3, 0.4) is 0 Å². The van der Waals surface area contributed by atoms with Gasteiger partial charge in [-0.2, -0.15) is 0 Å². The van der Waals surface area contributed by atoms with E-state index in [0.717, 1.165) is 15.9 Å². The molecule has 1 N–H and O–H groups in total. The minimum absolute atomic E-state index is 0.506. The lowest BCUT2D eigenvalue weighted by Gasteiger charge is -2.13. The molecule has 0 bridgehead atoms. The van der Waals surface area contributed by atoms with E-state index in [-0.39, 0.29) is 0 Å². The Hall–Kier alpha value is -1.55. The molecule has 2 aromatic rings. The van der Waals surface area contributed by atoms with E-state index in [1.807, 2.05) is 37.4 Å². The molecule has 0 aliphatic carbocycles. The molecule has 0 unspecified atom stereocenters. The third-order valence-electron chi connectivity index (χ3n) is 2.73. The van der Waals surface area contributed by atoms with Crippen LogP contribution < -0.4 is 10.1 Å². The summed E-state index contributed by atoms with van der Waals surface area (Å²) >= 11 is 3.33. The Morgan fingerprint density at radius 3 is 2.72 bits per heavy atom. The van der Waals surface area contributed by atoms with Gasteiger partial charge < -0.3 is 10.1 Å². The molecule has 1 aromatic heterocycles. The highest BCUT2D eigenvalue weighted by molar-refractivity contribution is 9.10. The molecule has 0 fully saturated rings. The number of nitrogens with one attached hydrogen (secondary N) is 1. The molecule has 0 aliphatic rings. The van der Waals surface area contributed by atoms with E-state index in [4.69, 9.17) is 4.74 Å². The zero-order chi connectivity index (χ0) is 13.0. The van der Waals surface area contributed by atoms with Crippen LogP contribution in [0.1, 0.15) is 11.1 Å². The molecule has 0 spiro atoms. The largest absolute Gasteiger partial charge is 0.473 e. The molecule has 0 radical (unpaired) electrons. The van der Waals surface area contributed by atoms with E-state index in [2.05, 4.69) is 39.2 Å². The van der Waals surface area contributed by atoms with Crippen molar-refractivity contribution < 1.29 is 4.74 Å². The average Bonchev–Trinajstić information content (AvgIpc) is 2.37. The number of nitrogens with zero attached hydrogens (tertiary/aromatic N) is 1. The van der Waals surface area contributed by atoms with E-state index in [9.17, 15) is 0 Å². The van der Waals surface area contributed by atoms with Crippen molar-refractivity contribution in [2.45, 2.75) is 13.5 Å². The minimum Gasteiger partial charge on any atom is -0.473 e. The highest BCUT2D eigenvalue weighted by Crippen LogP contribution is 2.21. The number of rotatable bonds is 4. The second-order valence-electron chi connectivity index (χ2n) is 3.94. The summed E-state index contributed by atoms with van der Waals surface area (Å²) in [5, 5.41) is 3.17. The fraction of sp³-hybridized carbons (Fsp3) is 0.214. The van der Waals surface area contributed by atoms with Crippen molar-refractivity contribution in [1.82, 2.24) is 4.98 Å². The Balaban J connectivity index is 2.15. The van der Waals surface area contributed by atoms with Crippen LogP contribution in [-0.4, -0.2) is 12.0 Å². The van der Waals surface area contributed by atoms with Crippen LogP contribution in [0.2, 0.25) is 0 Å². The van der Waals surface area contributed by atoms with Crippen LogP contribution in [0.15, 0.2) is 41.0 Å². The Labute approximate surface area is 115 Å². The summed E-state index contributed by atoms with van der Waals surface area (Å²) in [5.41, 5.74) is 3.45. The molecule has 94 valence electrons. The van der Waals surface area contributed by atoms with Crippen molar-refractivity contribution in [3.63, 3.8) is 0 Å². The van der Waals surface area contributed by atoms with Crippen LogP contribution >= 0.6 is 15.9 Å². The van der Waals surface area contributed by atoms with Gasteiger partial charge in [-0.3, -0.25) is 0 Å². The smallest absolute Gasteiger partial charge is 0.214 e. The summed E-state index contributed by atoms with van der Waals surface area (Å²) in [4.78, 5) is 4.25. The lowest BCUT2D eigenvalue weighted by atomic mass is 10.1. The lowest BCUT2D eigenvalue weighted by molar-refractivity contribution is 0.293. The minimum atomic E-state index is 0.506. The summed E-state index contributed by atoms with van der Waals surface area (Å²) in [6, 6.07) is 11.8. The van der Waals surface area contributed by atoms with E-state index < -0.39 is 0 Å². The predicted octanol–water partition coefficient (Wildman–Crippen LogP) is 3.77. The molecule has 0 aliphatic heterocycles. The Kier molecular flexibility index (Phi) is 4.20. The molecular weight excluding hydrogens is 292 g/mol. The average molecular weight is 307 g/mol. The molecule has 18 heavy (non-hydrogen) atoms. The zero-order valence-corrected chi connectivity index (χ0v) is 12.0. The highest BCUT2D eigenvalue weighted by atomic mass is 79.9. The Morgan fingerprint density at radius 1 is 1.22 bits per heavy atom. The number of pyridine rings is 1. The molecule has 2 rings (SSSR count). The van der Waals surface area contributed by atoms with Gasteiger partial charge in [0.2, 0.25) is 5.88 Å². The quantitative estimate of drug-likeness (QED) is 0.873. The first-order chi connectivity index (χ1) is 8.70. The fourth-order valence-corrected chi connectivity index (χ4v) is 2.07. The van der Waals surface area contributed by atoms with Crippen molar-refractivity contribution in [3.05, 3.63) is 52.1 Å². The van der Waals surface area contributed by atoms with E-state index >= 15 is 0 Å². The molecule has 1 aromatic carbocycles. The van der Waals surface area contributed by atoms with Gasteiger partial charge in [0.1, 0.15) is 11.2 Å². The van der Waals surface area contributed by atoms with E-state index in [1.54, 1.807) is 0 Å². The van der Waals surface area contributed by atoms with Gasteiger partial charge in [0.05, 0.1) is 0 Å². The van der Waals surface area contributed by atoms with Gasteiger partial charge in [0.25, 0.3) is 0 Å². The Bertz CT molecular complexity index is 543. The second kappa shape index (κ2) is 5.87. The van der Waals surface area contributed by atoms with Gasteiger partial charge >= 0.3 is 0 Å². The summed E-state index contributed by atoms with van der Waals surface area (Å²) in [7, 11) is 1.91. The summed E-state index contributed by atoms with van der Waals surface area (Å²) in [5.74, 6) is 0.620. The number of hydrogen-bond acceptors (Lipinski definition) is 3. The topological polar surface area (TPSA) is 34.1 Å². The van der Waals surface area contributed by atoms with Gasteiger partial charge in [-0.1, -0.05) is 18.2 Å². The number of benzene rings is 1. The number of aromatic nitrogens is 1. The first kappa shape index (κ1) is 12.9. The molecule has 1 heterocycles. The first-order valence-electron chi connectivity index (χ1n) is 5.72. The van der Waals surface area contributed by atoms with Crippen molar-refractivity contribution in [2.75, 3.05) is 12.4 Å². The number of halogens is 1. The van der Waals surface area contributed by atoms with Crippen molar-refractivity contribution >= 4 is 21.6 Å². The maximum Gasteiger partial charge on any atom is 0.214 e. The van der Waals surface area contributed by atoms with Gasteiger partial charge in [0.15, 0.2) is 0 Å². The molecule has 0 amide bonds. The number of ether oxygens (including phenoxy) is 1. The predicted molar refractivity (Wildman–Crippen MR) is 77.0 cm³/mol. The van der Waals surface area contributed by atoms with E-state index in [1.165, 1.54) is 5.56 Å². The monoisotopic (exact) mass is 306 g/mol. The number of aryl methyl sites for hydroxylation is 1. The lowest BCUT2D eigenvalue weighted by Crippen LogP contribution is -2.03. The van der Waals surface area contributed by atoms with Crippen LogP contribution in [0.25, 0.3) is 0 Å². The molecule has 4 heteroatoms. The highest BCUT2D eigenvalue weighted by Gasteiger charge is 2.05. The third kappa shape index (κ3) is 3.01. The van der Waals surface area contributed by atoms with Gasteiger partial charge in [0, 0.05) is 24.4 Å². The summed E-state index contributed by atoms with van der Waals surface area (Å²) in [6.07, 6.45) is 0. The molecule has 0 saturated heterocycles. The van der Waals surface area contributed by atoms with Crippen LogP contribution in [0.5, 0.6) is 5.88 Å². The standard InChI is InChI=1S/C14H15BrN2O/c1-10-5-3-6-12(16-2)11(10)9-18-14-8-4-7-13(15)17-14/h3-8,16H,9H2,1-2H3. The van der Waals surface area contributed by atoms with Crippen LogP contribution in [0.4, 0.5) is 5.69 Å². The normalized spacial score (nSPS) is 10.2. The zero-order valence-electron chi connectivity index (χ0n) is 10.4. The molecule has 3 nitrogen and oxygen atoms in total. The molecule has 0 atom stereocenters. The molecular formula is C14H15BrN2O. The molecule has 0 saturated carbocycles. The third-order valence-corrected chi connectivity index (χ3v) is 3.18. The van der Waals surface area contributed by atoms with Crippen molar-refractivity contribution in [1.29, 1.82) is 0 Å². The fourth-order valence-electron chi connectivity index (χ4n) is 1.74. The number of hydrogen-bond donors (Lipinski definition) is 1. The van der Waals surface area contributed by atoms with Gasteiger partial charge in [-0.15, -0.1) is 0 Å². The summed E-state index contributed by atoms with van der Waals surface area (Å²) in [6.45, 7) is 2.58.